The van der Waals surface area contributed by atoms with Crippen LogP contribution in [0.15, 0.2) is 66.7 Å². The number of fused-ring (bicyclic) bond motifs is 1. The maximum absolute atomic E-state index is 13.8. The summed E-state index contributed by atoms with van der Waals surface area (Å²) in [6.45, 7) is 7.17. The van der Waals surface area contributed by atoms with Gasteiger partial charge in [0.2, 0.25) is 0 Å². The van der Waals surface area contributed by atoms with E-state index in [2.05, 4.69) is 0 Å². The number of allylic oxidation sites excluding steroid dienone is 1. The van der Waals surface area contributed by atoms with Crippen LogP contribution in [0, 0.1) is 0 Å². The third-order valence-corrected chi connectivity index (χ3v) is 5.59. The summed E-state index contributed by atoms with van der Waals surface area (Å²) in [5.74, 6) is -1.05. The molecule has 0 fully saturated rings. The van der Waals surface area contributed by atoms with Gasteiger partial charge in [0, 0.05) is 5.56 Å². The van der Waals surface area contributed by atoms with Crippen LogP contribution in [0.3, 0.4) is 0 Å². The van der Waals surface area contributed by atoms with Crippen LogP contribution in [0.5, 0.6) is 0 Å². The molecule has 5 nitrogen and oxygen atoms in total. The van der Waals surface area contributed by atoms with Crippen LogP contribution in [0.25, 0.3) is 0 Å². The molecule has 1 aliphatic heterocycles. The van der Waals surface area contributed by atoms with E-state index in [1.54, 1.807) is 58.2 Å². The minimum atomic E-state index is -0.760. The lowest BCUT2D eigenvalue weighted by Crippen LogP contribution is -2.62. The van der Waals surface area contributed by atoms with E-state index in [1.807, 2.05) is 37.3 Å². The summed E-state index contributed by atoms with van der Waals surface area (Å²) in [6, 6.07) is 15.7. The molecule has 3 rings (SSSR count). The van der Waals surface area contributed by atoms with Gasteiger partial charge in [-0.25, -0.2) is 4.79 Å². The van der Waals surface area contributed by atoms with Crippen molar-refractivity contribution in [2.75, 3.05) is 7.05 Å². The van der Waals surface area contributed by atoms with Crippen molar-refractivity contribution in [3.8, 4) is 0 Å². The molecule has 0 radical (unpaired) electrons. The Kier molecular flexibility index (Phi) is 5.77. The number of carbonyl (C=O) groups is 3. The molecule has 0 spiro atoms. The maximum Gasteiger partial charge on any atom is 0.524 e. The number of amides is 2. The molecule has 30 heavy (non-hydrogen) atoms. The molecule has 3 unspecified atom stereocenters. The van der Waals surface area contributed by atoms with Crippen molar-refractivity contribution in [3.05, 3.63) is 83.4 Å². The Morgan fingerprint density at radius 2 is 1.50 bits per heavy atom. The van der Waals surface area contributed by atoms with E-state index in [4.69, 9.17) is 4.74 Å². The zero-order valence-electron chi connectivity index (χ0n) is 18.1. The molecule has 0 aromatic heterocycles. The number of ether oxygens (including phenoxy) is 1. The van der Waals surface area contributed by atoms with Gasteiger partial charge in [0.1, 0.15) is 11.6 Å². The number of hydrogen-bond acceptors (Lipinski definition) is 4. The Balaban J connectivity index is 2.24. The van der Waals surface area contributed by atoms with Gasteiger partial charge in [-0.05, 0) is 45.4 Å². The monoisotopic (exact) mass is 406 g/mol. The number of hydrogen-bond donors (Lipinski definition) is 0. The quantitative estimate of drug-likeness (QED) is 0.616. The zero-order chi connectivity index (χ0) is 22.1. The highest BCUT2D eigenvalue weighted by Crippen LogP contribution is 2.34. The molecule has 0 saturated heterocycles. The van der Waals surface area contributed by atoms with Crippen molar-refractivity contribution >= 4 is 17.8 Å². The van der Waals surface area contributed by atoms with Crippen LogP contribution in [-0.4, -0.2) is 41.0 Å². The largest absolute Gasteiger partial charge is 0.524 e. The molecule has 2 aromatic rings. The lowest BCUT2D eigenvalue weighted by molar-refractivity contribution is -0.782. The van der Waals surface area contributed by atoms with Crippen LogP contribution < -0.4 is 0 Å². The number of rotatable bonds is 1. The lowest BCUT2D eigenvalue weighted by atomic mass is 9.89. The van der Waals surface area contributed by atoms with Crippen LogP contribution in [0.4, 0.5) is 4.79 Å². The first-order valence-corrected chi connectivity index (χ1v) is 10.1. The second kappa shape index (κ2) is 8.00. The summed E-state index contributed by atoms with van der Waals surface area (Å²) in [6.07, 6.45) is 2.65. The third-order valence-electron chi connectivity index (χ3n) is 5.59. The molecule has 0 N–H and O–H groups in total. The van der Waals surface area contributed by atoms with Crippen LogP contribution in [0.2, 0.25) is 0 Å². The van der Waals surface area contributed by atoms with E-state index < -0.39 is 28.1 Å². The fraction of sp³-hybridized carbons (Fsp3) is 0.320. The van der Waals surface area contributed by atoms with Crippen molar-refractivity contribution in [2.45, 2.75) is 45.3 Å². The number of likely N-dealkylation sites (N-methyl/N-ethyl adjacent to an activating group) is 1. The van der Waals surface area contributed by atoms with E-state index in [-0.39, 0.29) is 22.8 Å². The Hall–Kier alpha value is -3.05. The van der Waals surface area contributed by atoms with Gasteiger partial charge in [-0.2, -0.15) is 9.28 Å². The smallest absolute Gasteiger partial charge is 0.414 e. The molecule has 156 valence electrons. The Morgan fingerprint density at radius 1 is 0.933 bits per heavy atom. The second-order valence-electron chi connectivity index (χ2n) is 8.81. The van der Waals surface area contributed by atoms with Crippen molar-refractivity contribution in [2.24, 2.45) is 0 Å². The number of quaternary nitrogens is 1. The normalized spacial score (nSPS) is 25.5. The predicted octanol–water partition coefficient (Wildman–Crippen LogP) is 5.13. The predicted molar refractivity (Wildman–Crippen MR) is 115 cm³/mol. The third kappa shape index (κ3) is 3.98. The fourth-order valence-corrected chi connectivity index (χ4v) is 3.75. The molecule has 1 aliphatic rings. The summed E-state index contributed by atoms with van der Waals surface area (Å²) < 4.78 is 5.08. The molecule has 0 bridgehead atoms. The fourth-order valence-electron chi connectivity index (χ4n) is 3.75. The van der Waals surface area contributed by atoms with E-state index in [1.165, 1.54) is 6.08 Å². The van der Waals surface area contributed by atoms with Crippen LogP contribution in [-0.2, 0) is 4.74 Å². The number of benzene rings is 2. The van der Waals surface area contributed by atoms with Gasteiger partial charge in [0.05, 0.1) is 18.5 Å². The highest BCUT2D eigenvalue weighted by molar-refractivity contribution is 6.12. The van der Waals surface area contributed by atoms with Crippen LogP contribution >= 0.6 is 0 Å². The molecule has 2 aromatic carbocycles. The number of carbonyl (C=O) groups excluding carboxylic acids is 3. The van der Waals surface area contributed by atoms with Gasteiger partial charge in [-0.1, -0.05) is 54.6 Å². The van der Waals surface area contributed by atoms with Crippen molar-refractivity contribution < 1.29 is 23.6 Å². The molecule has 0 aliphatic carbocycles. The summed E-state index contributed by atoms with van der Waals surface area (Å²) in [4.78, 5) is 40.1. The summed E-state index contributed by atoms with van der Waals surface area (Å²) in [7, 11) is 1.58. The molecule has 5 heteroatoms. The Morgan fingerprint density at radius 3 is 2.10 bits per heavy atom. The highest BCUT2D eigenvalue weighted by Gasteiger charge is 2.52. The minimum Gasteiger partial charge on any atom is -0.414 e. The lowest BCUT2D eigenvalue weighted by Gasteiger charge is -2.38. The van der Waals surface area contributed by atoms with Gasteiger partial charge in [0.15, 0.2) is 5.78 Å². The molecule has 3 atom stereocenters. The van der Waals surface area contributed by atoms with Crippen molar-refractivity contribution in [3.63, 3.8) is 0 Å². The van der Waals surface area contributed by atoms with Gasteiger partial charge in [-0.15, -0.1) is 0 Å². The van der Waals surface area contributed by atoms with Crippen molar-refractivity contribution in [1.29, 1.82) is 0 Å². The SMILES string of the molecule is CC1C(c2ccccc2)/C=C/C(=O)c2ccccc2C(=O)[N+]1(C)C(=O)OC(C)(C)C. The number of nitrogens with zero attached hydrogens (tertiary/aromatic N) is 1. The van der Waals surface area contributed by atoms with Gasteiger partial charge >= 0.3 is 12.0 Å². The Bertz CT molecular complexity index is 1000. The second-order valence-corrected chi connectivity index (χ2v) is 8.81. The number of ketones is 1. The van der Waals surface area contributed by atoms with Gasteiger partial charge < -0.3 is 4.74 Å². The summed E-state index contributed by atoms with van der Waals surface area (Å²) >= 11 is 0. The molecule has 2 amide bonds. The maximum atomic E-state index is 13.8. The standard InChI is InChI=1S/C25H28NO4/c1-17-19(18-11-7-6-8-12-18)15-16-22(27)20-13-9-10-14-21(20)23(28)26(17,5)24(29)30-25(2,3)4/h6-17,19H,1-5H3/q+1/b16-15+. The average Bonchev–Trinajstić information content (AvgIpc) is 2.74. The van der Waals surface area contributed by atoms with E-state index in [0.29, 0.717) is 0 Å². The minimum absolute atomic E-state index is 0.223. The van der Waals surface area contributed by atoms with E-state index in [9.17, 15) is 14.4 Å². The van der Waals surface area contributed by atoms with Gasteiger partial charge in [0.25, 0.3) is 0 Å². The zero-order valence-corrected chi connectivity index (χ0v) is 18.1. The number of imide groups is 1. The summed E-state index contributed by atoms with van der Waals surface area (Å²) in [5.41, 5.74) is 0.666. The highest BCUT2D eigenvalue weighted by atomic mass is 16.6. The average molecular weight is 407 g/mol. The van der Waals surface area contributed by atoms with Crippen LogP contribution in [0.1, 0.15) is 59.9 Å². The first kappa shape index (κ1) is 21.7. The summed E-state index contributed by atoms with van der Waals surface area (Å²) in [5, 5.41) is 0. The Labute approximate surface area is 177 Å². The first-order chi connectivity index (χ1) is 14.1. The van der Waals surface area contributed by atoms with E-state index >= 15 is 0 Å². The molecular weight excluding hydrogens is 378 g/mol. The topological polar surface area (TPSA) is 60.4 Å². The molecule has 0 saturated carbocycles. The molecular formula is C25H28NO4+. The van der Waals surface area contributed by atoms with Crippen molar-refractivity contribution in [1.82, 2.24) is 0 Å². The van der Waals surface area contributed by atoms with E-state index in [0.717, 1.165) is 5.56 Å². The van der Waals surface area contributed by atoms with Gasteiger partial charge in [-0.3, -0.25) is 4.79 Å². The first-order valence-electron chi connectivity index (χ1n) is 10.1. The molecule has 1 heterocycles.